The highest BCUT2D eigenvalue weighted by atomic mass is 32.2. The second-order valence-corrected chi connectivity index (χ2v) is 6.72. The second-order valence-electron chi connectivity index (χ2n) is 3.95. The van der Waals surface area contributed by atoms with Gasteiger partial charge in [-0.25, -0.2) is 22.9 Å². The lowest BCUT2D eigenvalue weighted by atomic mass is 10.3. The minimum Gasteiger partial charge on any atom is -0.476 e. The lowest BCUT2D eigenvalue weighted by Crippen LogP contribution is -2.31. The molecule has 0 saturated heterocycles. The Balaban J connectivity index is 2.23. The number of carboxylic acid groups (broad SMARTS) is 1. The maximum absolute atomic E-state index is 11.4. The summed E-state index contributed by atoms with van der Waals surface area (Å²) in [5.74, 6) is -1.36. The van der Waals surface area contributed by atoms with Gasteiger partial charge in [0, 0.05) is 31.3 Å². The zero-order valence-electron chi connectivity index (χ0n) is 10.7. The predicted octanol–water partition coefficient (Wildman–Crippen LogP) is -0.561. The average molecular weight is 321 g/mol. The van der Waals surface area contributed by atoms with Crippen molar-refractivity contribution in [2.75, 3.05) is 19.3 Å². The van der Waals surface area contributed by atoms with Crippen molar-refractivity contribution in [2.24, 2.45) is 0 Å². The summed E-state index contributed by atoms with van der Waals surface area (Å²) in [4.78, 5) is 25.9. The van der Waals surface area contributed by atoms with Crippen LogP contribution in [0, 0.1) is 0 Å². The van der Waals surface area contributed by atoms with E-state index in [1.165, 1.54) is 16.7 Å². The maximum Gasteiger partial charge on any atom is 0.355 e. The van der Waals surface area contributed by atoms with E-state index in [-0.39, 0.29) is 24.6 Å². The summed E-state index contributed by atoms with van der Waals surface area (Å²) < 4.78 is 23.8. The largest absolute Gasteiger partial charge is 0.476 e. The number of carbonyl (C=O) groups excluding carboxylic acids is 1. The van der Waals surface area contributed by atoms with Gasteiger partial charge >= 0.3 is 5.97 Å². The fourth-order valence-electron chi connectivity index (χ4n) is 1.27. The first-order valence-electron chi connectivity index (χ1n) is 5.67. The number of amides is 1. The van der Waals surface area contributed by atoms with Crippen LogP contribution in [0.25, 0.3) is 0 Å². The predicted molar refractivity (Wildman–Crippen MR) is 73.3 cm³/mol. The maximum atomic E-state index is 11.4. The Morgan fingerprint density at radius 1 is 1.40 bits per heavy atom. The Bertz CT molecular complexity index is 581. The summed E-state index contributed by atoms with van der Waals surface area (Å²) in [6.07, 6.45) is 1.50. The lowest BCUT2D eigenvalue weighted by molar-refractivity contribution is -0.120. The van der Waals surface area contributed by atoms with Crippen molar-refractivity contribution in [2.45, 2.75) is 12.8 Å². The van der Waals surface area contributed by atoms with E-state index in [1.807, 2.05) is 0 Å². The van der Waals surface area contributed by atoms with Crippen molar-refractivity contribution in [3.63, 3.8) is 0 Å². The number of carbonyl (C=O) groups is 2. The molecule has 1 amide bonds. The molecule has 1 aromatic heterocycles. The molecular formula is C10H15N3O5S2. The van der Waals surface area contributed by atoms with E-state index >= 15 is 0 Å². The van der Waals surface area contributed by atoms with Gasteiger partial charge in [-0.15, -0.1) is 11.3 Å². The van der Waals surface area contributed by atoms with Gasteiger partial charge in [-0.2, -0.15) is 0 Å². The standard InChI is InChI=1S/C10H15N3O5S2/c1-20(17,18)12-5-2-8(14)11-4-3-9-13-7(6-19-9)10(15)16/h6,12H,2-5H2,1H3,(H,11,14)(H,15,16). The van der Waals surface area contributed by atoms with Crippen LogP contribution in [0.4, 0.5) is 0 Å². The number of carboxylic acids is 1. The number of aromatic nitrogens is 1. The summed E-state index contributed by atoms with van der Waals surface area (Å²) in [5, 5.41) is 13.4. The fraction of sp³-hybridized carbons (Fsp3) is 0.500. The van der Waals surface area contributed by atoms with E-state index in [0.29, 0.717) is 18.0 Å². The lowest BCUT2D eigenvalue weighted by Gasteiger charge is -2.04. The Hall–Kier alpha value is -1.52. The number of sulfonamides is 1. The van der Waals surface area contributed by atoms with Crippen LogP contribution in [0.3, 0.4) is 0 Å². The highest BCUT2D eigenvalue weighted by molar-refractivity contribution is 7.88. The molecule has 0 aliphatic carbocycles. The zero-order valence-corrected chi connectivity index (χ0v) is 12.4. The molecule has 1 aromatic rings. The van der Waals surface area contributed by atoms with Crippen LogP contribution in [0.2, 0.25) is 0 Å². The van der Waals surface area contributed by atoms with Crippen LogP contribution in [-0.2, 0) is 21.2 Å². The topological polar surface area (TPSA) is 125 Å². The number of nitrogens with zero attached hydrogens (tertiary/aromatic N) is 1. The summed E-state index contributed by atoms with van der Waals surface area (Å²) in [6.45, 7) is 0.370. The Morgan fingerprint density at radius 2 is 2.10 bits per heavy atom. The molecular weight excluding hydrogens is 306 g/mol. The molecule has 0 saturated carbocycles. The third-order valence-corrected chi connectivity index (χ3v) is 3.79. The van der Waals surface area contributed by atoms with Gasteiger partial charge in [0.2, 0.25) is 15.9 Å². The average Bonchev–Trinajstić information content (AvgIpc) is 2.76. The molecule has 0 aliphatic rings. The van der Waals surface area contributed by atoms with Gasteiger partial charge in [0.1, 0.15) is 0 Å². The van der Waals surface area contributed by atoms with Gasteiger partial charge in [-0.05, 0) is 0 Å². The highest BCUT2D eigenvalue weighted by Crippen LogP contribution is 2.09. The van der Waals surface area contributed by atoms with Crippen molar-refractivity contribution < 1.29 is 23.1 Å². The molecule has 0 bridgehead atoms. The number of nitrogens with one attached hydrogen (secondary N) is 2. The Labute approximate surface area is 120 Å². The molecule has 3 N–H and O–H groups in total. The van der Waals surface area contributed by atoms with Crippen molar-refractivity contribution in [3.8, 4) is 0 Å². The number of hydrogen-bond acceptors (Lipinski definition) is 6. The first kappa shape index (κ1) is 16.5. The van der Waals surface area contributed by atoms with Gasteiger partial charge in [0.15, 0.2) is 5.69 Å². The molecule has 112 valence electrons. The van der Waals surface area contributed by atoms with Crippen molar-refractivity contribution in [3.05, 3.63) is 16.1 Å². The molecule has 0 radical (unpaired) electrons. The van der Waals surface area contributed by atoms with Crippen LogP contribution >= 0.6 is 11.3 Å². The molecule has 0 aromatic carbocycles. The number of aromatic carboxylic acids is 1. The highest BCUT2D eigenvalue weighted by Gasteiger charge is 2.09. The minimum absolute atomic E-state index is 0.00585. The first-order chi connectivity index (χ1) is 9.28. The van der Waals surface area contributed by atoms with Crippen LogP contribution in [-0.4, -0.2) is 49.7 Å². The number of rotatable bonds is 8. The monoisotopic (exact) mass is 321 g/mol. The molecule has 10 heteroatoms. The molecule has 8 nitrogen and oxygen atoms in total. The fourth-order valence-corrected chi connectivity index (χ4v) is 2.52. The van der Waals surface area contributed by atoms with Gasteiger partial charge in [-0.3, -0.25) is 4.79 Å². The molecule has 20 heavy (non-hydrogen) atoms. The SMILES string of the molecule is CS(=O)(=O)NCCC(=O)NCCc1nc(C(=O)O)cs1. The van der Waals surface area contributed by atoms with Crippen molar-refractivity contribution in [1.82, 2.24) is 15.0 Å². The van der Waals surface area contributed by atoms with Crippen LogP contribution < -0.4 is 10.0 Å². The molecule has 1 rings (SSSR count). The van der Waals surface area contributed by atoms with Crippen LogP contribution in [0.5, 0.6) is 0 Å². The second kappa shape index (κ2) is 7.31. The van der Waals surface area contributed by atoms with Crippen molar-refractivity contribution in [1.29, 1.82) is 0 Å². The molecule has 0 spiro atoms. The van der Waals surface area contributed by atoms with E-state index in [4.69, 9.17) is 5.11 Å². The Kier molecular flexibility index (Phi) is 6.05. The minimum atomic E-state index is -3.28. The van der Waals surface area contributed by atoms with E-state index in [9.17, 15) is 18.0 Å². The third-order valence-electron chi connectivity index (χ3n) is 2.15. The molecule has 0 fully saturated rings. The number of hydrogen-bond donors (Lipinski definition) is 3. The van der Waals surface area contributed by atoms with Crippen LogP contribution in [0.15, 0.2) is 5.38 Å². The molecule has 0 atom stereocenters. The normalized spacial score (nSPS) is 11.2. The molecule has 1 heterocycles. The Morgan fingerprint density at radius 3 is 2.65 bits per heavy atom. The van der Waals surface area contributed by atoms with Gasteiger partial charge in [0.05, 0.1) is 11.3 Å². The quantitative estimate of drug-likeness (QED) is 0.589. The summed E-state index contributed by atoms with van der Waals surface area (Å²) in [7, 11) is -3.28. The summed E-state index contributed by atoms with van der Waals surface area (Å²) in [6, 6.07) is 0. The van der Waals surface area contributed by atoms with Gasteiger partial charge < -0.3 is 10.4 Å². The van der Waals surface area contributed by atoms with E-state index in [0.717, 1.165) is 6.26 Å². The summed E-state index contributed by atoms with van der Waals surface area (Å²) >= 11 is 1.22. The zero-order chi connectivity index (χ0) is 15.2. The molecule has 0 aliphatic heterocycles. The van der Waals surface area contributed by atoms with Gasteiger partial charge in [0.25, 0.3) is 0 Å². The number of thiazole rings is 1. The van der Waals surface area contributed by atoms with Crippen LogP contribution in [0.1, 0.15) is 21.9 Å². The first-order valence-corrected chi connectivity index (χ1v) is 8.44. The third kappa shape index (κ3) is 6.59. The van der Waals surface area contributed by atoms with E-state index in [2.05, 4.69) is 15.0 Å². The summed E-state index contributed by atoms with van der Waals surface area (Å²) in [5.41, 5.74) is -0.00585. The van der Waals surface area contributed by atoms with Crippen molar-refractivity contribution >= 4 is 33.2 Å². The molecule has 0 unspecified atom stereocenters. The van der Waals surface area contributed by atoms with E-state index in [1.54, 1.807) is 0 Å². The van der Waals surface area contributed by atoms with E-state index < -0.39 is 16.0 Å². The van der Waals surface area contributed by atoms with Gasteiger partial charge in [-0.1, -0.05) is 0 Å². The smallest absolute Gasteiger partial charge is 0.355 e.